The Kier molecular flexibility index (Phi) is 7.35. The first-order valence-corrected chi connectivity index (χ1v) is 8.18. The third-order valence-electron chi connectivity index (χ3n) is 4.13. The Bertz CT molecular complexity index is 403. The summed E-state index contributed by atoms with van der Waals surface area (Å²) in [5.41, 5.74) is 5.48. The van der Waals surface area contributed by atoms with Crippen LogP contribution < -0.4 is 16.4 Å². The Morgan fingerprint density at radius 3 is 2.14 bits per heavy atom. The average molecular weight is 311 g/mol. The summed E-state index contributed by atoms with van der Waals surface area (Å²) in [4.78, 5) is 35.4. The van der Waals surface area contributed by atoms with Crippen LogP contribution in [0.3, 0.4) is 0 Å². The number of hydrogen-bond donors (Lipinski definition) is 3. The lowest BCUT2D eigenvalue weighted by atomic mass is 9.83. The number of nitrogens with one attached hydrogen (secondary N) is 2. The molecular weight excluding hydrogens is 282 g/mol. The van der Waals surface area contributed by atoms with Gasteiger partial charge in [-0.3, -0.25) is 14.4 Å². The molecule has 22 heavy (non-hydrogen) atoms. The molecule has 1 aliphatic carbocycles. The zero-order valence-corrected chi connectivity index (χ0v) is 13.9. The Morgan fingerprint density at radius 1 is 1.09 bits per heavy atom. The molecule has 0 bridgehead atoms. The molecule has 1 aliphatic rings. The molecule has 0 aromatic heterocycles. The van der Waals surface area contributed by atoms with E-state index >= 15 is 0 Å². The van der Waals surface area contributed by atoms with Crippen LogP contribution in [0, 0.1) is 11.8 Å². The number of carbonyl (C=O) groups is 3. The smallest absolute Gasteiger partial charge is 0.243 e. The second-order valence-corrected chi connectivity index (χ2v) is 6.67. The quantitative estimate of drug-likeness (QED) is 0.656. The number of hydrogen-bond acceptors (Lipinski definition) is 3. The predicted octanol–water partition coefficient (Wildman–Crippen LogP) is 1.09. The Hall–Kier alpha value is -1.59. The molecule has 0 radical (unpaired) electrons. The maximum atomic E-state index is 12.4. The van der Waals surface area contributed by atoms with E-state index in [1.165, 1.54) is 6.92 Å². The topological polar surface area (TPSA) is 101 Å². The van der Waals surface area contributed by atoms with Gasteiger partial charge in [-0.1, -0.05) is 33.1 Å². The first-order valence-electron chi connectivity index (χ1n) is 8.18. The molecule has 0 aromatic rings. The summed E-state index contributed by atoms with van der Waals surface area (Å²) < 4.78 is 0. The van der Waals surface area contributed by atoms with Crippen molar-refractivity contribution in [1.29, 1.82) is 0 Å². The van der Waals surface area contributed by atoms with Crippen molar-refractivity contribution < 1.29 is 14.4 Å². The van der Waals surface area contributed by atoms with E-state index in [4.69, 9.17) is 5.73 Å². The number of rotatable bonds is 7. The summed E-state index contributed by atoms with van der Waals surface area (Å²) in [7, 11) is 0. The molecule has 0 saturated heterocycles. The zero-order valence-electron chi connectivity index (χ0n) is 13.9. The molecule has 1 saturated carbocycles. The van der Waals surface area contributed by atoms with Gasteiger partial charge in [0.1, 0.15) is 12.1 Å². The summed E-state index contributed by atoms with van der Waals surface area (Å²) in [6.45, 7) is 5.34. The third kappa shape index (κ3) is 6.03. The lowest BCUT2D eigenvalue weighted by Gasteiger charge is -2.30. The molecule has 126 valence electrons. The van der Waals surface area contributed by atoms with E-state index in [0.29, 0.717) is 6.42 Å². The Morgan fingerprint density at radius 2 is 1.68 bits per heavy atom. The minimum absolute atomic E-state index is 0.104. The molecule has 1 fully saturated rings. The molecule has 1 rings (SSSR count). The maximum absolute atomic E-state index is 12.4. The Balaban J connectivity index is 2.73. The maximum Gasteiger partial charge on any atom is 0.243 e. The lowest BCUT2D eigenvalue weighted by molar-refractivity contribution is -0.132. The van der Waals surface area contributed by atoms with E-state index in [1.54, 1.807) is 0 Å². The fraction of sp³-hybridized carbons (Fsp3) is 0.812. The molecule has 2 atom stereocenters. The second-order valence-electron chi connectivity index (χ2n) is 6.67. The first kappa shape index (κ1) is 18.5. The molecular formula is C16H29N3O3. The van der Waals surface area contributed by atoms with Crippen LogP contribution in [0.2, 0.25) is 0 Å². The van der Waals surface area contributed by atoms with Crippen molar-refractivity contribution in [3.05, 3.63) is 0 Å². The molecule has 0 aromatic carbocycles. The monoisotopic (exact) mass is 311 g/mol. The van der Waals surface area contributed by atoms with Gasteiger partial charge in [0.2, 0.25) is 17.7 Å². The van der Waals surface area contributed by atoms with Crippen LogP contribution in [-0.2, 0) is 14.4 Å². The van der Waals surface area contributed by atoms with Gasteiger partial charge < -0.3 is 16.4 Å². The zero-order chi connectivity index (χ0) is 16.7. The van der Waals surface area contributed by atoms with E-state index in [9.17, 15) is 14.4 Å². The van der Waals surface area contributed by atoms with Gasteiger partial charge in [0.05, 0.1) is 0 Å². The summed E-state index contributed by atoms with van der Waals surface area (Å²) in [5, 5.41) is 5.42. The minimum Gasteiger partial charge on any atom is -0.368 e. The van der Waals surface area contributed by atoms with Crippen LogP contribution in [0.15, 0.2) is 0 Å². The predicted molar refractivity (Wildman–Crippen MR) is 84.8 cm³/mol. The largest absolute Gasteiger partial charge is 0.368 e. The van der Waals surface area contributed by atoms with E-state index in [1.807, 2.05) is 13.8 Å². The van der Waals surface area contributed by atoms with Crippen molar-refractivity contribution in [2.75, 3.05) is 0 Å². The van der Waals surface area contributed by atoms with Crippen LogP contribution in [0.5, 0.6) is 0 Å². The molecule has 0 spiro atoms. The van der Waals surface area contributed by atoms with E-state index < -0.39 is 18.0 Å². The standard InChI is InChI=1S/C16H29N3O3/c1-10(2)9-13(18-11(3)20)16(22)19-14(15(17)21)12-7-5-4-6-8-12/h10,12-14H,4-9H2,1-3H3,(H2,17,21)(H,18,20)(H,19,22)/t13-,14-/m0/s1. The van der Waals surface area contributed by atoms with Crippen LogP contribution >= 0.6 is 0 Å². The first-order chi connectivity index (χ1) is 10.3. The SMILES string of the molecule is CC(=O)N[C@@H](CC(C)C)C(=O)N[C@H](C(N)=O)C1CCCCC1. The summed E-state index contributed by atoms with van der Waals surface area (Å²) in [5.74, 6) is -0.713. The van der Waals surface area contributed by atoms with Crippen LogP contribution in [0.25, 0.3) is 0 Å². The fourth-order valence-electron chi connectivity index (χ4n) is 3.09. The highest BCUT2D eigenvalue weighted by molar-refractivity contribution is 5.91. The van der Waals surface area contributed by atoms with Crippen molar-refractivity contribution in [3.8, 4) is 0 Å². The molecule has 3 amide bonds. The molecule has 4 N–H and O–H groups in total. The van der Waals surface area contributed by atoms with Crippen molar-refractivity contribution in [1.82, 2.24) is 10.6 Å². The van der Waals surface area contributed by atoms with E-state index in [2.05, 4.69) is 10.6 Å². The van der Waals surface area contributed by atoms with Crippen molar-refractivity contribution in [2.24, 2.45) is 17.6 Å². The van der Waals surface area contributed by atoms with Crippen molar-refractivity contribution in [2.45, 2.75) is 71.4 Å². The van der Waals surface area contributed by atoms with Gasteiger partial charge in [0.25, 0.3) is 0 Å². The normalized spacial score (nSPS) is 18.5. The minimum atomic E-state index is -0.642. The fourth-order valence-corrected chi connectivity index (χ4v) is 3.09. The third-order valence-corrected chi connectivity index (χ3v) is 4.13. The molecule has 0 unspecified atom stereocenters. The molecule has 6 heteroatoms. The van der Waals surface area contributed by atoms with Gasteiger partial charge in [-0.15, -0.1) is 0 Å². The van der Waals surface area contributed by atoms with E-state index in [0.717, 1.165) is 32.1 Å². The van der Waals surface area contributed by atoms with Gasteiger partial charge in [0.15, 0.2) is 0 Å². The van der Waals surface area contributed by atoms with Gasteiger partial charge >= 0.3 is 0 Å². The van der Waals surface area contributed by atoms with Crippen LogP contribution in [-0.4, -0.2) is 29.8 Å². The van der Waals surface area contributed by atoms with Crippen LogP contribution in [0.4, 0.5) is 0 Å². The summed E-state index contributed by atoms with van der Waals surface area (Å²) in [6, 6.07) is -1.26. The van der Waals surface area contributed by atoms with E-state index in [-0.39, 0.29) is 23.7 Å². The Labute approximate surface area is 132 Å². The van der Waals surface area contributed by atoms with Gasteiger partial charge in [-0.05, 0) is 31.1 Å². The molecule has 0 heterocycles. The highest BCUT2D eigenvalue weighted by atomic mass is 16.2. The van der Waals surface area contributed by atoms with Gasteiger partial charge in [0, 0.05) is 6.92 Å². The van der Waals surface area contributed by atoms with Crippen LogP contribution in [0.1, 0.15) is 59.3 Å². The average Bonchev–Trinajstić information content (AvgIpc) is 2.43. The van der Waals surface area contributed by atoms with Crippen molar-refractivity contribution in [3.63, 3.8) is 0 Å². The number of carbonyl (C=O) groups excluding carboxylic acids is 3. The number of nitrogens with two attached hydrogens (primary N) is 1. The lowest BCUT2D eigenvalue weighted by Crippen LogP contribution is -2.55. The summed E-state index contributed by atoms with van der Waals surface area (Å²) >= 11 is 0. The highest BCUT2D eigenvalue weighted by Crippen LogP contribution is 2.26. The number of primary amides is 1. The molecule has 6 nitrogen and oxygen atoms in total. The molecule has 0 aliphatic heterocycles. The van der Waals surface area contributed by atoms with Gasteiger partial charge in [-0.25, -0.2) is 0 Å². The number of amides is 3. The van der Waals surface area contributed by atoms with Crippen molar-refractivity contribution >= 4 is 17.7 Å². The second kappa shape index (κ2) is 8.76. The van der Waals surface area contributed by atoms with Gasteiger partial charge in [-0.2, -0.15) is 0 Å². The highest BCUT2D eigenvalue weighted by Gasteiger charge is 2.31. The summed E-state index contributed by atoms with van der Waals surface area (Å²) in [6.07, 6.45) is 5.63.